The van der Waals surface area contributed by atoms with Crippen molar-refractivity contribution < 1.29 is 9.13 Å². The van der Waals surface area contributed by atoms with Gasteiger partial charge in [0, 0.05) is 31.6 Å². The molecule has 1 aromatic carbocycles. The minimum Gasteiger partial charge on any atom is -0.494 e. The number of hydrogen-bond acceptors (Lipinski definition) is 3. The van der Waals surface area contributed by atoms with Crippen molar-refractivity contribution in [3.05, 3.63) is 29.6 Å². The zero-order chi connectivity index (χ0) is 13.9. The third-order valence-corrected chi connectivity index (χ3v) is 3.80. The van der Waals surface area contributed by atoms with Crippen LogP contribution in [-0.4, -0.2) is 33.3 Å². The van der Waals surface area contributed by atoms with Gasteiger partial charge in [-0.05, 0) is 23.6 Å². The average molecular weight is 266 g/mol. The molecule has 1 saturated heterocycles. The number of methoxy groups -OCH3 is 1. The molecule has 1 aliphatic rings. The summed E-state index contributed by atoms with van der Waals surface area (Å²) in [5.41, 5.74) is 0.898. The molecule has 106 valence electrons. The van der Waals surface area contributed by atoms with Crippen LogP contribution in [0.25, 0.3) is 0 Å². The van der Waals surface area contributed by atoms with E-state index < -0.39 is 0 Å². The average Bonchev–Trinajstić information content (AvgIpc) is 2.32. The van der Waals surface area contributed by atoms with Crippen molar-refractivity contribution in [3.8, 4) is 5.75 Å². The third-order valence-electron chi connectivity index (χ3n) is 3.80. The minimum atomic E-state index is -0.295. The Hall–Kier alpha value is -1.13. The molecule has 0 spiro atoms. The molecule has 1 aliphatic heterocycles. The van der Waals surface area contributed by atoms with Gasteiger partial charge >= 0.3 is 0 Å². The molecule has 1 aromatic rings. The largest absolute Gasteiger partial charge is 0.494 e. The number of halogens is 1. The van der Waals surface area contributed by atoms with Crippen LogP contribution in [0.1, 0.15) is 19.4 Å². The summed E-state index contributed by atoms with van der Waals surface area (Å²) in [7, 11) is 1.48. The normalized spacial score (nSPS) is 16.2. The van der Waals surface area contributed by atoms with E-state index in [1.54, 1.807) is 12.1 Å². The van der Waals surface area contributed by atoms with Crippen molar-refractivity contribution in [1.82, 2.24) is 10.6 Å². The second kappa shape index (κ2) is 5.88. The van der Waals surface area contributed by atoms with E-state index in [1.165, 1.54) is 7.11 Å². The number of ether oxygens (including phenoxy) is 1. The molecule has 0 saturated carbocycles. The molecule has 4 heteroatoms. The zero-order valence-electron chi connectivity index (χ0n) is 11.9. The molecule has 0 aliphatic carbocycles. The first kappa shape index (κ1) is 14.3. The quantitative estimate of drug-likeness (QED) is 0.825. The second-order valence-corrected chi connectivity index (χ2v) is 5.89. The molecule has 0 aromatic heterocycles. The topological polar surface area (TPSA) is 33.3 Å². The number of nitrogens with one attached hydrogen (secondary N) is 2. The fraction of sp³-hybridized carbons (Fsp3) is 0.600. The van der Waals surface area contributed by atoms with Crippen molar-refractivity contribution in [2.24, 2.45) is 5.92 Å². The maximum atomic E-state index is 13.7. The fourth-order valence-corrected chi connectivity index (χ4v) is 2.27. The summed E-state index contributed by atoms with van der Waals surface area (Å²) >= 11 is 0. The summed E-state index contributed by atoms with van der Waals surface area (Å²) in [5, 5.41) is 6.74. The molecule has 2 rings (SSSR count). The zero-order valence-corrected chi connectivity index (χ0v) is 11.9. The van der Waals surface area contributed by atoms with Crippen molar-refractivity contribution in [1.29, 1.82) is 0 Å². The van der Waals surface area contributed by atoms with E-state index in [0.29, 0.717) is 5.75 Å². The molecule has 0 atom stereocenters. The molecule has 1 fully saturated rings. The first-order valence-electron chi connectivity index (χ1n) is 6.78. The fourth-order valence-electron chi connectivity index (χ4n) is 2.27. The lowest BCUT2D eigenvalue weighted by Crippen LogP contribution is -2.48. The van der Waals surface area contributed by atoms with Gasteiger partial charge in [0.25, 0.3) is 0 Å². The number of benzene rings is 1. The minimum absolute atomic E-state index is 0.0930. The predicted octanol–water partition coefficient (Wildman–Crippen LogP) is 1.92. The highest BCUT2D eigenvalue weighted by Crippen LogP contribution is 2.27. The monoisotopic (exact) mass is 266 g/mol. The van der Waals surface area contributed by atoms with E-state index in [0.717, 1.165) is 37.7 Å². The van der Waals surface area contributed by atoms with Crippen LogP contribution in [0.3, 0.4) is 0 Å². The van der Waals surface area contributed by atoms with Crippen molar-refractivity contribution in [3.63, 3.8) is 0 Å². The first-order valence-corrected chi connectivity index (χ1v) is 6.78. The van der Waals surface area contributed by atoms with Gasteiger partial charge in [0.2, 0.25) is 0 Å². The van der Waals surface area contributed by atoms with Gasteiger partial charge in [0.15, 0.2) is 11.6 Å². The lowest BCUT2D eigenvalue weighted by molar-refractivity contribution is 0.319. The van der Waals surface area contributed by atoms with Crippen LogP contribution in [0, 0.1) is 11.7 Å². The highest BCUT2D eigenvalue weighted by atomic mass is 19.1. The van der Waals surface area contributed by atoms with Gasteiger partial charge < -0.3 is 15.4 Å². The Kier molecular flexibility index (Phi) is 4.42. The van der Waals surface area contributed by atoms with E-state index in [1.807, 2.05) is 6.07 Å². The van der Waals surface area contributed by atoms with Crippen LogP contribution in [0.4, 0.5) is 4.39 Å². The molecule has 0 amide bonds. The lowest BCUT2D eigenvalue weighted by atomic mass is 9.84. The van der Waals surface area contributed by atoms with Gasteiger partial charge in [-0.15, -0.1) is 0 Å². The van der Waals surface area contributed by atoms with Crippen molar-refractivity contribution in [2.45, 2.75) is 19.3 Å². The van der Waals surface area contributed by atoms with Crippen LogP contribution >= 0.6 is 0 Å². The highest BCUT2D eigenvalue weighted by molar-refractivity contribution is 5.33. The lowest BCUT2D eigenvalue weighted by Gasteiger charge is -2.31. The summed E-state index contributed by atoms with van der Waals surface area (Å²) in [4.78, 5) is 0. The second-order valence-electron chi connectivity index (χ2n) is 5.89. The Morgan fingerprint density at radius 3 is 2.68 bits per heavy atom. The molecular formula is C15H23FN2O. The third kappa shape index (κ3) is 3.45. The van der Waals surface area contributed by atoms with Crippen LogP contribution in [0.5, 0.6) is 5.75 Å². The van der Waals surface area contributed by atoms with Gasteiger partial charge in [-0.2, -0.15) is 0 Å². The van der Waals surface area contributed by atoms with Crippen molar-refractivity contribution >= 4 is 0 Å². The van der Waals surface area contributed by atoms with Crippen LogP contribution in [0.2, 0.25) is 0 Å². The molecule has 19 heavy (non-hydrogen) atoms. The molecule has 0 bridgehead atoms. The standard InChI is InChI=1S/C15H23FN2O/c1-15(2,10-18-9-11-7-17-8-11)12-4-5-14(19-3)13(16)6-12/h4-6,11,17-18H,7-10H2,1-3H3. The van der Waals surface area contributed by atoms with E-state index in [2.05, 4.69) is 24.5 Å². The molecule has 1 heterocycles. The SMILES string of the molecule is COc1ccc(C(C)(C)CNCC2CNC2)cc1F. The summed E-state index contributed by atoms with van der Waals surface area (Å²) in [5.74, 6) is 0.743. The van der Waals surface area contributed by atoms with E-state index in [9.17, 15) is 4.39 Å². The number of rotatable bonds is 6. The Bertz CT molecular complexity index is 430. The Morgan fingerprint density at radius 1 is 1.42 bits per heavy atom. The summed E-state index contributed by atoms with van der Waals surface area (Å²) in [6.45, 7) is 8.32. The molecule has 0 radical (unpaired) electrons. The van der Waals surface area contributed by atoms with Gasteiger partial charge in [-0.25, -0.2) is 4.39 Å². The Labute approximate surface area is 114 Å². The molecular weight excluding hydrogens is 243 g/mol. The number of hydrogen-bond donors (Lipinski definition) is 2. The molecule has 3 nitrogen and oxygen atoms in total. The maximum absolute atomic E-state index is 13.7. The van der Waals surface area contributed by atoms with Gasteiger partial charge in [0.05, 0.1) is 7.11 Å². The maximum Gasteiger partial charge on any atom is 0.165 e. The van der Waals surface area contributed by atoms with E-state index in [-0.39, 0.29) is 11.2 Å². The van der Waals surface area contributed by atoms with Crippen LogP contribution in [0.15, 0.2) is 18.2 Å². The molecule has 0 unspecified atom stereocenters. The predicted molar refractivity (Wildman–Crippen MR) is 75.2 cm³/mol. The smallest absolute Gasteiger partial charge is 0.165 e. The van der Waals surface area contributed by atoms with Crippen LogP contribution < -0.4 is 15.4 Å². The van der Waals surface area contributed by atoms with Crippen LogP contribution in [-0.2, 0) is 5.41 Å². The molecule has 2 N–H and O–H groups in total. The highest BCUT2D eigenvalue weighted by Gasteiger charge is 2.23. The first-order chi connectivity index (χ1) is 9.03. The summed E-state index contributed by atoms with van der Waals surface area (Å²) in [6.07, 6.45) is 0. The van der Waals surface area contributed by atoms with Crippen molar-refractivity contribution in [2.75, 3.05) is 33.3 Å². The van der Waals surface area contributed by atoms with Gasteiger partial charge in [0.1, 0.15) is 0 Å². The van der Waals surface area contributed by atoms with E-state index >= 15 is 0 Å². The van der Waals surface area contributed by atoms with E-state index in [4.69, 9.17) is 4.74 Å². The Balaban J connectivity index is 1.95. The van der Waals surface area contributed by atoms with Gasteiger partial charge in [-0.1, -0.05) is 19.9 Å². The summed E-state index contributed by atoms with van der Waals surface area (Å²) in [6, 6.07) is 5.21. The Morgan fingerprint density at radius 2 is 2.16 bits per heavy atom. The van der Waals surface area contributed by atoms with Gasteiger partial charge in [-0.3, -0.25) is 0 Å². The summed E-state index contributed by atoms with van der Waals surface area (Å²) < 4.78 is 18.7.